The van der Waals surface area contributed by atoms with E-state index < -0.39 is 17.4 Å². The molecule has 2 aromatic carbocycles. The summed E-state index contributed by atoms with van der Waals surface area (Å²) in [5.74, 6) is -2.39. The maximum atomic E-state index is 13.4. The van der Waals surface area contributed by atoms with Crippen molar-refractivity contribution in [3.8, 4) is 11.5 Å². The fraction of sp³-hybridized carbons (Fsp3) is 0.133. The average Bonchev–Trinajstić information content (AvgIpc) is 2.49. The van der Waals surface area contributed by atoms with Crippen molar-refractivity contribution in [2.45, 2.75) is 0 Å². The van der Waals surface area contributed by atoms with E-state index in [0.29, 0.717) is 0 Å². The topological polar surface area (TPSA) is 35.5 Å². The van der Waals surface area contributed by atoms with E-state index in [1.54, 1.807) is 18.2 Å². The third-order valence-corrected chi connectivity index (χ3v) is 3.22. The maximum absolute atomic E-state index is 13.4. The first-order chi connectivity index (χ1) is 9.99. The Morgan fingerprint density at radius 1 is 1.05 bits per heavy atom. The van der Waals surface area contributed by atoms with Crippen molar-refractivity contribution in [1.29, 1.82) is 0 Å². The predicted octanol–water partition coefficient (Wildman–Crippen LogP) is 3.87. The minimum Gasteiger partial charge on any atom is -0.496 e. The first-order valence-corrected chi connectivity index (χ1v) is 6.27. The molecule has 0 atom stereocenters. The van der Waals surface area contributed by atoms with Gasteiger partial charge >= 0.3 is 0 Å². The van der Waals surface area contributed by atoms with E-state index in [0.717, 1.165) is 12.1 Å². The van der Waals surface area contributed by atoms with E-state index in [2.05, 4.69) is 0 Å². The molecule has 0 aromatic heterocycles. The highest BCUT2D eigenvalue weighted by atomic mass is 35.5. The van der Waals surface area contributed by atoms with Crippen LogP contribution in [-0.2, 0) is 0 Å². The van der Waals surface area contributed by atoms with Crippen LogP contribution >= 0.6 is 11.6 Å². The number of hydrogen-bond donors (Lipinski definition) is 0. The highest BCUT2D eigenvalue weighted by Crippen LogP contribution is 2.33. The summed E-state index contributed by atoms with van der Waals surface area (Å²) in [6.45, 7) is 0. The first-order valence-electron chi connectivity index (χ1n) is 5.89. The van der Waals surface area contributed by atoms with Crippen molar-refractivity contribution in [2.24, 2.45) is 0 Å². The summed E-state index contributed by atoms with van der Waals surface area (Å²) in [5.41, 5.74) is -0.0752. The van der Waals surface area contributed by atoms with Crippen LogP contribution < -0.4 is 9.47 Å². The number of carbonyl (C=O) groups excluding carboxylic acids is 1. The Labute approximate surface area is 125 Å². The van der Waals surface area contributed by atoms with Crippen LogP contribution in [0.4, 0.5) is 8.78 Å². The summed E-state index contributed by atoms with van der Waals surface area (Å²) < 4.78 is 36.7. The van der Waals surface area contributed by atoms with Crippen LogP contribution in [0, 0.1) is 11.6 Å². The molecule has 21 heavy (non-hydrogen) atoms. The van der Waals surface area contributed by atoms with Gasteiger partial charge in [-0.15, -0.1) is 0 Å². The number of hydrogen-bond acceptors (Lipinski definition) is 3. The molecule has 0 N–H and O–H groups in total. The van der Waals surface area contributed by atoms with Crippen LogP contribution in [0.15, 0.2) is 30.3 Å². The molecule has 110 valence electrons. The summed E-state index contributed by atoms with van der Waals surface area (Å²) in [7, 11) is 2.77. The standard InChI is InChI=1S/C15H11ClF2O3/c1-20-12-4-3-5-13(21-2)14(12)15(19)8-6-10(17)11(18)7-9(8)16/h3-7H,1-2H3. The number of methoxy groups -OCH3 is 2. The molecule has 0 saturated carbocycles. The van der Waals surface area contributed by atoms with Crippen LogP contribution in [0.2, 0.25) is 5.02 Å². The molecule has 0 aliphatic heterocycles. The summed E-state index contributed by atoms with van der Waals surface area (Å²) >= 11 is 5.83. The molecule has 0 aliphatic rings. The van der Waals surface area contributed by atoms with Crippen LogP contribution in [0.25, 0.3) is 0 Å². The van der Waals surface area contributed by atoms with Crippen LogP contribution in [0.5, 0.6) is 11.5 Å². The number of ketones is 1. The van der Waals surface area contributed by atoms with Gasteiger partial charge in [-0.25, -0.2) is 8.78 Å². The second kappa shape index (κ2) is 6.10. The number of benzene rings is 2. The third-order valence-electron chi connectivity index (χ3n) is 2.91. The minimum absolute atomic E-state index is 0.0930. The lowest BCUT2D eigenvalue weighted by molar-refractivity contribution is 0.103. The normalized spacial score (nSPS) is 10.3. The Bertz CT molecular complexity index is 679. The van der Waals surface area contributed by atoms with Crippen molar-refractivity contribution < 1.29 is 23.0 Å². The number of carbonyl (C=O) groups is 1. The van der Waals surface area contributed by atoms with Gasteiger partial charge < -0.3 is 9.47 Å². The van der Waals surface area contributed by atoms with E-state index in [4.69, 9.17) is 21.1 Å². The van der Waals surface area contributed by atoms with Gasteiger partial charge in [0.25, 0.3) is 0 Å². The Morgan fingerprint density at radius 2 is 1.57 bits per heavy atom. The Balaban J connectivity index is 2.63. The second-order valence-corrected chi connectivity index (χ2v) is 4.52. The van der Waals surface area contributed by atoms with Gasteiger partial charge in [0.2, 0.25) is 5.78 Å². The molecule has 0 saturated heterocycles. The largest absolute Gasteiger partial charge is 0.496 e. The zero-order chi connectivity index (χ0) is 15.6. The van der Waals surface area contributed by atoms with Crippen molar-refractivity contribution >= 4 is 17.4 Å². The van der Waals surface area contributed by atoms with Gasteiger partial charge in [-0.3, -0.25) is 4.79 Å². The molecule has 0 fully saturated rings. The molecular weight excluding hydrogens is 302 g/mol. The zero-order valence-corrected chi connectivity index (χ0v) is 12.0. The minimum atomic E-state index is -1.16. The Morgan fingerprint density at radius 3 is 2.10 bits per heavy atom. The van der Waals surface area contributed by atoms with Gasteiger partial charge in [0, 0.05) is 5.56 Å². The number of rotatable bonds is 4. The fourth-order valence-corrected chi connectivity index (χ4v) is 2.14. The summed E-state index contributed by atoms with van der Waals surface area (Å²) in [6, 6.07) is 6.27. The van der Waals surface area contributed by atoms with Crippen molar-refractivity contribution in [3.63, 3.8) is 0 Å². The third kappa shape index (κ3) is 2.83. The van der Waals surface area contributed by atoms with E-state index >= 15 is 0 Å². The molecule has 0 radical (unpaired) electrons. The van der Waals surface area contributed by atoms with Crippen LogP contribution in [-0.4, -0.2) is 20.0 Å². The lowest BCUT2D eigenvalue weighted by Gasteiger charge is -2.13. The van der Waals surface area contributed by atoms with Gasteiger partial charge in [-0.05, 0) is 24.3 Å². The smallest absolute Gasteiger partial charge is 0.202 e. The molecular formula is C15H11ClF2O3. The van der Waals surface area contributed by atoms with E-state index in [1.807, 2.05) is 0 Å². The first kappa shape index (κ1) is 15.3. The summed E-state index contributed by atoms with van der Waals surface area (Å²) in [5, 5.41) is -0.188. The fourth-order valence-electron chi connectivity index (χ4n) is 1.91. The predicted molar refractivity (Wildman–Crippen MR) is 74.3 cm³/mol. The van der Waals surface area contributed by atoms with Crippen LogP contribution in [0.3, 0.4) is 0 Å². The van der Waals surface area contributed by atoms with E-state index in [-0.39, 0.29) is 27.6 Å². The summed E-state index contributed by atoms with van der Waals surface area (Å²) in [6.07, 6.45) is 0. The van der Waals surface area contributed by atoms with Gasteiger partial charge in [0.1, 0.15) is 17.1 Å². The zero-order valence-electron chi connectivity index (χ0n) is 11.2. The van der Waals surface area contributed by atoms with Gasteiger partial charge in [-0.2, -0.15) is 0 Å². The van der Waals surface area contributed by atoms with E-state index in [9.17, 15) is 13.6 Å². The molecule has 0 amide bonds. The van der Waals surface area contributed by atoms with Crippen molar-refractivity contribution in [2.75, 3.05) is 14.2 Å². The average molecular weight is 313 g/mol. The quantitative estimate of drug-likeness (QED) is 0.635. The summed E-state index contributed by atoms with van der Waals surface area (Å²) in [4.78, 5) is 12.6. The van der Waals surface area contributed by atoms with Crippen molar-refractivity contribution in [1.82, 2.24) is 0 Å². The molecule has 6 heteroatoms. The van der Waals surface area contributed by atoms with Gasteiger partial charge in [0.15, 0.2) is 11.6 Å². The number of ether oxygens (including phenoxy) is 2. The molecule has 0 heterocycles. The molecule has 0 bridgehead atoms. The van der Waals surface area contributed by atoms with Gasteiger partial charge in [0.05, 0.1) is 19.2 Å². The second-order valence-electron chi connectivity index (χ2n) is 4.11. The SMILES string of the molecule is COc1cccc(OC)c1C(=O)c1cc(F)c(F)cc1Cl. The molecule has 3 nitrogen and oxygen atoms in total. The number of halogens is 3. The maximum Gasteiger partial charge on any atom is 0.202 e. The molecule has 0 aliphatic carbocycles. The Hall–Kier alpha value is -2.14. The molecule has 2 rings (SSSR count). The van der Waals surface area contributed by atoms with Crippen LogP contribution in [0.1, 0.15) is 15.9 Å². The molecule has 0 unspecified atom stereocenters. The van der Waals surface area contributed by atoms with Gasteiger partial charge in [-0.1, -0.05) is 17.7 Å². The van der Waals surface area contributed by atoms with E-state index in [1.165, 1.54) is 14.2 Å². The Kier molecular flexibility index (Phi) is 4.43. The molecule has 0 spiro atoms. The lowest BCUT2D eigenvalue weighted by atomic mass is 10.0. The molecule has 2 aromatic rings. The lowest BCUT2D eigenvalue weighted by Crippen LogP contribution is -2.08. The highest BCUT2D eigenvalue weighted by Gasteiger charge is 2.23. The monoisotopic (exact) mass is 312 g/mol. The highest BCUT2D eigenvalue weighted by molar-refractivity contribution is 6.35. The van der Waals surface area contributed by atoms with Crippen molar-refractivity contribution in [3.05, 3.63) is 58.1 Å².